The standard InChI is InChI=1S/C22H26F2N2O5/c1-28-19-11-17(12-20(29-2)22(19)30-3)31-14-21(27)26-8-6-25(7-9-26)13-15-4-5-16(23)10-18(15)24/h4-5,10-12H,6-9,13-14H2,1-3H3. The van der Waals surface area contributed by atoms with E-state index in [-0.39, 0.29) is 12.5 Å². The molecule has 7 nitrogen and oxygen atoms in total. The third kappa shape index (κ3) is 5.55. The molecule has 2 aromatic carbocycles. The molecular weight excluding hydrogens is 410 g/mol. The summed E-state index contributed by atoms with van der Waals surface area (Å²) in [6.07, 6.45) is 0. The monoisotopic (exact) mass is 436 g/mol. The van der Waals surface area contributed by atoms with Crippen molar-refractivity contribution in [2.45, 2.75) is 6.54 Å². The maximum Gasteiger partial charge on any atom is 0.260 e. The molecule has 0 atom stereocenters. The Kier molecular flexibility index (Phi) is 7.51. The number of benzene rings is 2. The van der Waals surface area contributed by atoms with E-state index in [1.54, 1.807) is 17.0 Å². The molecule has 31 heavy (non-hydrogen) atoms. The van der Waals surface area contributed by atoms with Crippen LogP contribution in [0.15, 0.2) is 30.3 Å². The van der Waals surface area contributed by atoms with Crippen molar-refractivity contribution in [3.63, 3.8) is 0 Å². The van der Waals surface area contributed by atoms with Crippen molar-refractivity contribution in [3.8, 4) is 23.0 Å². The summed E-state index contributed by atoms with van der Waals surface area (Å²) in [5.41, 5.74) is 0.437. The summed E-state index contributed by atoms with van der Waals surface area (Å²) in [6.45, 7) is 2.42. The van der Waals surface area contributed by atoms with E-state index < -0.39 is 11.6 Å². The molecule has 1 aliphatic rings. The molecule has 0 unspecified atom stereocenters. The highest BCUT2D eigenvalue weighted by atomic mass is 19.1. The quantitative estimate of drug-likeness (QED) is 0.634. The molecule has 0 saturated carbocycles. The molecule has 3 rings (SSSR count). The van der Waals surface area contributed by atoms with Crippen LogP contribution < -0.4 is 18.9 Å². The van der Waals surface area contributed by atoms with Gasteiger partial charge in [-0.05, 0) is 6.07 Å². The maximum atomic E-state index is 13.9. The van der Waals surface area contributed by atoms with Gasteiger partial charge in [0.05, 0.1) is 21.3 Å². The average Bonchev–Trinajstić information content (AvgIpc) is 2.78. The van der Waals surface area contributed by atoms with Gasteiger partial charge in [-0.15, -0.1) is 0 Å². The van der Waals surface area contributed by atoms with Gasteiger partial charge in [-0.2, -0.15) is 0 Å². The topological polar surface area (TPSA) is 60.5 Å². The normalized spacial score (nSPS) is 14.3. The molecule has 0 radical (unpaired) electrons. The predicted octanol–water partition coefficient (Wildman–Crippen LogP) is 2.71. The minimum absolute atomic E-state index is 0.134. The van der Waals surface area contributed by atoms with E-state index in [1.807, 2.05) is 4.90 Å². The van der Waals surface area contributed by atoms with E-state index in [9.17, 15) is 13.6 Å². The summed E-state index contributed by atoms with van der Waals surface area (Å²) in [6, 6.07) is 6.84. The van der Waals surface area contributed by atoms with Crippen LogP contribution in [-0.2, 0) is 11.3 Å². The van der Waals surface area contributed by atoms with Gasteiger partial charge in [-0.25, -0.2) is 8.78 Å². The molecular formula is C22H26F2N2O5. The van der Waals surface area contributed by atoms with Crippen molar-refractivity contribution in [1.29, 1.82) is 0 Å². The second-order valence-corrected chi connectivity index (χ2v) is 7.04. The van der Waals surface area contributed by atoms with Crippen LogP contribution in [0.5, 0.6) is 23.0 Å². The summed E-state index contributed by atoms with van der Waals surface area (Å²) < 4.78 is 48.4. The smallest absolute Gasteiger partial charge is 0.260 e. The Hall–Kier alpha value is -3.07. The summed E-state index contributed by atoms with van der Waals surface area (Å²) in [5.74, 6) is 0.435. The molecule has 0 aliphatic carbocycles. The molecule has 1 aliphatic heterocycles. The number of nitrogens with zero attached hydrogens (tertiary/aromatic N) is 2. The Morgan fingerprint density at radius 3 is 2.13 bits per heavy atom. The molecule has 2 aromatic rings. The van der Waals surface area contributed by atoms with Gasteiger partial charge in [0.25, 0.3) is 5.91 Å². The van der Waals surface area contributed by atoms with Gasteiger partial charge >= 0.3 is 0 Å². The van der Waals surface area contributed by atoms with Gasteiger partial charge in [-0.3, -0.25) is 9.69 Å². The van der Waals surface area contributed by atoms with Crippen LogP contribution in [-0.4, -0.2) is 69.8 Å². The van der Waals surface area contributed by atoms with Crippen LogP contribution in [0.4, 0.5) is 8.78 Å². The summed E-state index contributed by atoms with van der Waals surface area (Å²) >= 11 is 0. The zero-order chi connectivity index (χ0) is 22.4. The second-order valence-electron chi connectivity index (χ2n) is 7.04. The van der Waals surface area contributed by atoms with Gasteiger partial charge in [-0.1, -0.05) is 6.07 Å². The van der Waals surface area contributed by atoms with Crippen molar-refractivity contribution >= 4 is 5.91 Å². The zero-order valence-corrected chi connectivity index (χ0v) is 17.8. The fourth-order valence-corrected chi connectivity index (χ4v) is 3.42. The minimum atomic E-state index is -0.594. The van der Waals surface area contributed by atoms with Gasteiger partial charge in [0.2, 0.25) is 5.75 Å². The zero-order valence-electron chi connectivity index (χ0n) is 17.8. The number of methoxy groups -OCH3 is 3. The van der Waals surface area contributed by atoms with Crippen molar-refractivity contribution in [2.75, 3.05) is 54.1 Å². The van der Waals surface area contributed by atoms with Crippen LogP contribution in [0.25, 0.3) is 0 Å². The number of piperazine rings is 1. The Labute approximate surface area is 180 Å². The van der Waals surface area contributed by atoms with Crippen molar-refractivity contribution in [2.24, 2.45) is 0 Å². The lowest BCUT2D eigenvalue weighted by molar-refractivity contribution is -0.135. The van der Waals surface area contributed by atoms with Crippen molar-refractivity contribution in [1.82, 2.24) is 9.80 Å². The first-order valence-corrected chi connectivity index (χ1v) is 9.82. The maximum absolute atomic E-state index is 13.9. The lowest BCUT2D eigenvalue weighted by Crippen LogP contribution is -2.49. The molecule has 0 N–H and O–H groups in total. The first-order chi connectivity index (χ1) is 14.9. The van der Waals surface area contributed by atoms with Gasteiger partial charge < -0.3 is 23.8 Å². The fourth-order valence-electron chi connectivity index (χ4n) is 3.42. The molecule has 0 aromatic heterocycles. The second kappa shape index (κ2) is 10.3. The third-order valence-electron chi connectivity index (χ3n) is 5.13. The van der Waals surface area contributed by atoms with E-state index in [4.69, 9.17) is 18.9 Å². The lowest BCUT2D eigenvalue weighted by Gasteiger charge is -2.34. The summed E-state index contributed by atoms with van der Waals surface area (Å²) in [5, 5.41) is 0. The first kappa shape index (κ1) is 22.6. The van der Waals surface area contributed by atoms with Crippen molar-refractivity contribution < 1.29 is 32.5 Å². The number of hydrogen-bond donors (Lipinski definition) is 0. The van der Waals surface area contributed by atoms with E-state index in [1.165, 1.54) is 33.5 Å². The van der Waals surface area contributed by atoms with Crippen LogP contribution in [0.3, 0.4) is 0 Å². The van der Waals surface area contributed by atoms with Crippen LogP contribution >= 0.6 is 0 Å². The Balaban J connectivity index is 1.52. The van der Waals surface area contributed by atoms with Crippen LogP contribution in [0, 0.1) is 11.6 Å². The number of hydrogen-bond acceptors (Lipinski definition) is 6. The molecule has 0 bridgehead atoms. The lowest BCUT2D eigenvalue weighted by atomic mass is 10.2. The number of halogens is 2. The number of amides is 1. The summed E-state index contributed by atoms with van der Waals surface area (Å²) in [4.78, 5) is 16.3. The van der Waals surface area contributed by atoms with E-state index in [2.05, 4.69) is 0 Å². The molecule has 1 amide bonds. The molecule has 1 fully saturated rings. The van der Waals surface area contributed by atoms with Gasteiger partial charge in [0, 0.05) is 56.5 Å². The summed E-state index contributed by atoms with van der Waals surface area (Å²) in [7, 11) is 4.52. The predicted molar refractivity (Wildman–Crippen MR) is 110 cm³/mol. The van der Waals surface area contributed by atoms with Crippen LogP contribution in [0.2, 0.25) is 0 Å². The highest BCUT2D eigenvalue weighted by Gasteiger charge is 2.23. The highest BCUT2D eigenvalue weighted by Crippen LogP contribution is 2.40. The Morgan fingerprint density at radius 2 is 1.58 bits per heavy atom. The highest BCUT2D eigenvalue weighted by molar-refractivity contribution is 5.78. The minimum Gasteiger partial charge on any atom is -0.493 e. The van der Waals surface area contributed by atoms with Crippen LogP contribution in [0.1, 0.15) is 5.56 Å². The van der Waals surface area contributed by atoms with E-state index in [0.29, 0.717) is 61.3 Å². The third-order valence-corrected chi connectivity index (χ3v) is 5.13. The number of carbonyl (C=O) groups excluding carboxylic acids is 1. The first-order valence-electron chi connectivity index (χ1n) is 9.82. The molecule has 9 heteroatoms. The van der Waals surface area contributed by atoms with E-state index >= 15 is 0 Å². The fraction of sp³-hybridized carbons (Fsp3) is 0.409. The van der Waals surface area contributed by atoms with Gasteiger partial charge in [0.15, 0.2) is 18.1 Å². The SMILES string of the molecule is COc1cc(OCC(=O)N2CCN(Cc3ccc(F)cc3F)CC2)cc(OC)c1OC. The number of carbonyl (C=O) groups is 1. The molecule has 0 spiro atoms. The molecule has 168 valence electrons. The van der Waals surface area contributed by atoms with Gasteiger partial charge in [0.1, 0.15) is 17.4 Å². The molecule has 1 saturated heterocycles. The number of rotatable bonds is 8. The Bertz CT molecular complexity index is 892. The largest absolute Gasteiger partial charge is 0.493 e. The average molecular weight is 436 g/mol. The van der Waals surface area contributed by atoms with Crippen molar-refractivity contribution in [3.05, 3.63) is 47.5 Å². The number of ether oxygens (including phenoxy) is 4. The Morgan fingerprint density at radius 1 is 0.935 bits per heavy atom. The van der Waals surface area contributed by atoms with E-state index in [0.717, 1.165) is 6.07 Å². The molecule has 1 heterocycles.